The van der Waals surface area contributed by atoms with Crippen molar-refractivity contribution < 1.29 is 4.74 Å². The van der Waals surface area contributed by atoms with Gasteiger partial charge in [-0.3, -0.25) is 0 Å². The molecule has 2 aliphatic heterocycles. The van der Waals surface area contributed by atoms with E-state index in [-0.39, 0.29) is 18.2 Å². The number of fused-ring (bicyclic) bond motifs is 1. The molecule has 8 nitrogen and oxygen atoms in total. The van der Waals surface area contributed by atoms with Crippen molar-refractivity contribution in [1.29, 1.82) is 0 Å². The van der Waals surface area contributed by atoms with E-state index in [9.17, 15) is 0 Å². The first kappa shape index (κ1) is 18.3. The second kappa shape index (κ2) is 7.90. The van der Waals surface area contributed by atoms with Gasteiger partial charge in [-0.1, -0.05) is 13.8 Å². The lowest BCUT2D eigenvalue weighted by Gasteiger charge is -2.34. The van der Waals surface area contributed by atoms with Gasteiger partial charge in [0.15, 0.2) is 5.82 Å². The first-order chi connectivity index (χ1) is 13.1. The molecule has 2 aliphatic rings. The Morgan fingerprint density at radius 1 is 1.19 bits per heavy atom. The minimum atomic E-state index is 0.0667. The maximum atomic E-state index is 6.40. The number of nitrogens with two attached hydrogens (primary N) is 1. The summed E-state index contributed by atoms with van der Waals surface area (Å²) >= 11 is 0. The highest BCUT2D eigenvalue weighted by atomic mass is 16.5. The van der Waals surface area contributed by atoms with E-state index in [4.69, 9.17) is 20.6 Å². The average molecular weight is 371 g/mol. The maximum absolute atomic E-state index is 6.40. The molecule has 4 heterocycles. The Morgan fingerprint density at radius 2 is 1.93 bits per heavy atom. The Bertz CT molecular complexity index is 740. The van der Waals surface area contributed by atoms with Crippen LogP contribution in [0.4, 0.5) is 5.95 Å². The molecule has 4 rings (SSSR count). The molecule has 2 unspecified atom stereocenters. The van der Waals surface area contributed by atoms with Gasteiger partial charge in [-0.2, -0.15) is 5.10 Å². The highest BCUT2D eigenvalue weighted by Gasteiger charge is 2.31. The predicted octanol–water partition coefficient (Wildman–Crippen LogP) is 1.69. The summed E-state index contributed by atoms with van der Waals surface area (Å²) < 4.78 is 8.29. The van der Waals surface area contributed by atoms with E-state index in [0.717, 1.165) is 56.4 Å². The zero-order chi connectivity index (χ0) is 18.8. The molecular weight excluding hydrogens is 342 g/mol. The van der Waals surface area contributed by atoms with E-state index in [1.54, 1.807) is 12.4 Å². The summed E-state index contributed by atoms with van der Waals surface area (Å²) in [7, 11) is 0. The lowest BCUT2D eigenvalue weighted by molar-refractivity contribution is 0.00707. The van der Waals surface area contributed by atoms with Gasteiger partial charge in [0, 0.05) is 43.9 Å². The fourth-order valence-corrected chi connectivity index (χ4v) is 3.83. The van der Waals surface area contributed by atoms with Crippen LogP contribution in [-0.4, -0.2) is 56.6 Å². The summed E-state index contributed by atoms with van der Waals surface area (Å²) in [4.78, 5) is 15.6. The van der Waals surface area contributed by atoms with Crippen molar-refractivity contribution in [3.8, 4) is 0 Å². The van der Waals surface area contributed by atoms with Gasteiger partial charge < -0.3 is 15.4 Å². The van der Waals surface area contributed by atoms with Crippen LogP contribution in [-0.2, 0) is 11.2 Å². The monoisotopic (exact) mass is 371 g/mol. The zero-order valence-electron chi connectivity index (χ0n) is 16.2. The van der Waals surface area contributed by atoms with Crippen molar-refractivity contribution in [3.05, 3.63) is 30.1 Å². The van der Waals surface area contributed by atoms with E-state index in [0.29, 0.717) is 12.5 Å². The minimum Gasteiger partial charge on any atom is -0.376 e. The number of aromatic nitrogens is 5. The van der Waals surface area contributed by atoms with Gasteiger partial charge in [-0.05, 0) is 25.3 Å². The number of anilines is 1. The third-order valence-electron chi connectivity index (χ3n) is 5.52. The van der Waals surface area contributed by atoms with Crippen LogP contribution in [0.25, 0.3) is 0 Å². The molecule has 2 aromatic rings. The summed E-state index contributed by atoms with van der Waals surface area (Å²) in [6, 6.07) is 1.98. The van der Waals surface area contributed by atoms with Gasteiger partial charge in [0.05, 0.1) is 18.8 Å². The van der Waals surface area contributed by atoms with Gasteiger partial charge in [-0.25, -0.2) is 19.6 Å². The molecular formula is C19H29N7O. The number of rotatable bonds is 5. The first-order valence-electron chi connectivity index (χ1n) is 9.96. The molecule has 1 fully saturated rings. The minimum absolute atomic E-state index is 0.0667. The predicted molar refractivity (Wildman–Crippen MR) is 103 cm³/mol. The summed E-state index contributed by atoms with van der Waals surface area (Å²) in [6.07, 6.45) is 7.60. The number of piperidine rings is 1. The summed E-state index contributed by atoms with van der Waals surface area (Å²) in [5.74, 6) is 3.08. The van der Waals surface area contributed by atoms with Gasteiger partial charge in [0.25, 0.3) is 0 Å². The molecule has 2 N–H and O–H groups in total. The standard InChI is InChI=1S/C19H29N7O/c1-13(2)18-23-17-5-4-15(20)16(26(17)24-18)12-27-14-6-10-25(11-7-14)19-21-8-3-9-22-19/h3,8-9,13-16H,4-7,10-12,20H2,1-2H3. The lowest BCUT2D eigenvalue weighted by Crippen LogP contribution is -2.43. The van der Waals surface area contributed by atoms with Crippen molar-refractivity contribution >= 4 is 5.95 Å². The Morgan fingerprint density at radius 3 is 2.63 bits per heavy atom. The van der Waals surface area contributed by atoms with Gasteiger partial charge in [-0.15, -0.1) is 0 Å². The molecule has 0 spiro atoms. The van der Waals surface area contributed by atoms with Gasteiger partial charge in [0.2, 0.25) is 5.95 Å². The lowest BCUT2D eigenvalue weighted by atomic mass is 10.00. The van der Waals surface area contributed by atoms with Crippen LogP contribution in [0.1, 0.15) is 56.7 Å². The summed E-state index contributed by atoms with van der Waals surface area (Å²) in [5, 5.41) is 4.72. The maximum Gasteiger partial charge on any atom is 0.225 e. The molecule has 2 atom stereocenters. The number of hydrogen-bond acceptors (Lipinski definition) is 7. The Kier molecular flexibility index (Phi) is 5.36. The first-order valence-corrected chi connectivity index (χ1v) is 9.96. The molecule has 1 saturated heterocycles. The van der Waals surface area contributed by atoms with Crippen LogP contribution in [0.5, 0.6) is 0 Å². The highest BCUT2D eigenvalue weighted by molar-refractivity contribution is 5.28. The summed E-state index contributed by atoms with van der Waals surface area (Å²) in [5.41, 5.74) is 6.40. The van der Waals surface area contributed by atoms with Crippen LogP contribution in [0.3, 0.4) is 0 Å². The molecule has 8 heteroatoms. The molecule has 2 aromatic heterocycles. The number of hydrogen-bond donors (Lipinski definition) is 1. The topological polar surface area (TPSA) is 95.0 Å². The van der Waals surface area contributed by atoms with Crippen LogP contribution in [0, 0.1) is 0 Å². The van der Waals surface area contributed by atoms with Crippen molar-refractivity contribution in [2.75, 3.05) is 24.6 Å². The molecule has 0 amide bonds. The third-order valence-corrected chi connectivity index (χ3v) is 5.52. The number of ether oxygens (including phenoxy) is 1. The van der Waals surface area contributed by atoms with E-state index >= 15 is 0 Å². The normalized spacial score (nSPS) is 23.6. The van der Waals surface area contributed by atoms with E-state index in [1.165, 1.54) is 0 Å². The second-order valence-corrected chi connectivity index (χ2v) is 7.82. The molecule has 0 aromatic carbocycles. The van der Waals surface area contributed by atoms with Crippen molar-refractivity contribution in [2.45, 2.75) is 63.6 Å². The molecule has 27 heavy (non-hydrogen) atoms. The molecule has 146 valence electrons. The van der Waals surface area contributed by atoms with Crippen LogP contribution in [0.15, 0.2) is 18.5 Å². The quantitative estimate of drug-likeness (QED) is 0.854. The van der Waals surface area contributed by atoms with Crippen LogP contribution >= 0.6 is 0 Å². The number of nitrogens with zero attached hydrogens (tertiary/aromatic N) is 6. The second-order valence-electron chi connectivity index (χ2n) is 7.82. The van der Waals surface area contributed by atoms with Crippen molar-refractivity contribution in [3.63, 3.8) is 0 Å². The smallest absolute Gasteiger partial charge is 0.225 e. The van der Waals surface area contributed by atoms with Gasteiger partial charge in [0.1, 0.15) is 5.82 Å². The average Bonchev–Trinajstić information content (AvgIpc) is 3.13. The van der Waals surface area contributed by atoms with Crippen LogP contribution < -0.4 is 10.6 Å². The van der Waals surface area contributed by atoms with Crippen LogP contribution in [0.2, 0.25) is 0 Å². The molecule has 0 bridgehead atoms. The van der Waals surface area contributed by atoms with Crippen molar-refractivity contribution in [2.24, 2.45) is 5.73 Å². The fourth-order valence-electron chi connectivity index (χ4n) is 3.83. The number of aryl methyl sites for hydroxylation is 1. The Labute approximate surface area is 160 Å². The largest absolute Gasteiger partial charge is 0.376 e. The van der Waals surface area contributed by atoms with Crippen molar-refractivity contribution in [1.82, 2.24) is 24.7 Å². The third kappa shape index (κ3) is 3.96. The Balaban J connectivity index is 1.34. The SMILES string of the molecule is CC(C)c1nc2n(n1)C(COC1CCN(c3ncccn3)CC1)C(N)CC2. The summed E-state index contributed by atoms with van der Waals surface area (Å²) in [6.45, 7) is 6.67. The molecule has 0 radical (unpaired) electrons. The van der Waals surface area contributed by atoms with Gasteiger partial charge >= 0.3 is 0 Å². The fraction of sp³-hybridized carbons (Fsp3) is 0.684. The van der Waals surface area contributed by atoms with E-state index in [1.807, 2.05) is 10.7 Å². The molecule has 0 aliphatic carbocycles. The zero-order valence-corrected chi connectivity index (χ0v) is 16.2. The highest BCUT2D eigenvalue weighted by Crippen LogP contribution is 2.26. The van der Waals surface area contributed by atoms with E-state index < -0.39 is 0 Å². The molecule has 0 saturated carbocycles. The Hall–Kier alpha value is -2.06. The van der Waals surface area contributed by atoms with E-state index in [2.05, 4.69) is 28.7 Å².